The maximum absolute atomic E-state index is 12.9. The number of piperidine rings is 2. The number of likely N-dealkylation sites (tertiary alicyclic amines) is 2. The van der Waals surface area contributed by atoms with Crippen molar-refractivity contribution < 1.29 is 9.53 Å². The lowest BCUT2D eigenvalue weighted by molar-refractivity contribution is 0.0314. The van der Waals surface area contributed by atoms with Crippen LogP contribution in [0.2, 0.25) is 0 Å². The van der Waals surface area contributed by atoms with Crippen LogP contribution >= 0.6 is 0 Å². The van der Waals surface area contributed by atoms with E-state index in [1.807, 2.05) is 36.1 Å². The quantitative estimate of drug-likeness (QED) is 0.860. The van der Waals surface area contributed by atoms with Gasteiger partial charge in [0, 0.05) is 19.1 Å². The van der Waals surface area contributed by atoms with E-state index in [4.69, 9.17) is 4.74 Å². The molecule has 0 radical (unpaired) electrons. The molecule has 1 amide bonds. The van der Waals surface area contributed by atoms with Gasteiger partial charge in [-0.25, -0.2) is 0 Å². The smallest absolute Gasteiger partial charge is 0.257 e. The second kappa shape index (κ2) is 6.69. The van der Waals surface area contributed by atoms with Gasteiger partial charge in [-0.15, -0.1) is 0 Å². The van der Waals surface area contributed by atoms with Crippen LogP contribution in [0.25, 0.3) is 0 Å². The lowest BCUT2D eigenvalue weighted by atomic mass is 9.84. The Bertz CT molecular complexity index is 532. The second-order valence-electron chi connectivity index (χ2n) is 6.42. The van der Waals surface area contributed by atoms with Crippen LogP contribution in [0.15, 0.2) is 24.3 Å². The minimum absolute atomic E-state index is 0.121. The van der Waals surface area contributed by atoms with Crippen LogP contribution in [0, 0.1) is 5.92 Å². The Morgan fingerprint density at radius 3 is 2.91 bits per heavy atom. The third-order valence-electron chi connectivity index (χ3n) is 5.05. The Hall–Kier alpha value is -1.55. The molecule has 2 atom stereocenters. The van der Waals surface area contributed by atoms with Gasteiger partial charge in [-0.3, -0.25) is 4.79 Å². The third-order valence-corrected chi connectivity index (χ3v) is 5.05. The molecule has 0 spiro atoms. The van der Waals surface area contributed by atoms with E-state index in [2.05, 4.69) is 11.9 Å². The molecule has 0 aromatic heterocycles. The number of nitrogens with zero attached hydrogens (tertiary/aromatic N) is 2. The highest BCUT2D eigenvalue weighted by molar-refractivity contribution is 5.97. The summed E-state index contributed by atoms with van der Waals surface area (Å²) in [6.45, 7) is 5.46. The van der Waals surface area contributed by atoms with Crippen molar-refractivity contribution in [3.8, 4) is 5.75 Å². The van der Waals surface area contributed by atoms with Crippen LogP contribution < -0.4 is 4.74 Å². The van der Waals surface area contributed by atoms with Gasteiger partial charge in [-0.1, -0.05) is 12.1 Å². The van der Waals surface area contributed by atoms with Crippen LogP contribution in [0.4, 0.5) is 0 Å². The summed E-state index contributed by atoms with van der Waals surface area (Å²) in [6, 6.07) is 8.26. The Morgan fingerprint density at radius 2 is 2.09 bits per heavy atom. The first-order valence-electron chi connectivity index (χ1n) is 8.42. The van der Waals surface area contributed by atoms with E-state index >= 15 is 0 Å². The molecule has 0 bridgehead atoms. The molecule has 2 heterocycles. The highest BCUT2D eigenvalue weighted by Gasteiger charge is 2.36. The van der Waals surface area contributed by atoms with Gasteiger partial charge in [0.15, 0.2) is 0 Å². The Labute approximate surface area is 133 Å². The van der Waals surface area contributed by atoms with Crippen molar-refractivity contribution in [3.05, 3.63) is 29.8 Å². The Kier molecular flexibility index (Phi) is 4.67. The van der Waals surface area contributed by atoms with E-state index in [9.17, 15) is 4.79 Å². The molecule has 1 aromatic rings. The molecule has 3 rings (SSSR count). The zero-order chi connectivity index (χ0) is 15.5. The van der Waals surface area contributed by atoms with Crippen molar-refractivity contribution in [2.24, 2.45) is 5.92 Å². The van der Waals surface area contributed by atoms with Crippen LogP contribution in [-0.2, 0) is 0 Å². The molecule has 4 heteroatoms. The molecule has 2 aliphatic rings. The Morgan fingerprint density at radius 1 is 1.27 bits per heavy atom. The summed E-state index contributed by atoms with van der Waals surface area (Å²) in [5, 5.41) is 0. The summed E-state index contributed by atoms with van der Waals surface area (Å²) in [4.78, 5) is 17.4. The second-order valence-corrected chi connectivity index (χ2v) is 6.42. The van der Waals surface area contributed by atoms with E-state index in [0.29, 0.717) is 29.9 Å². The molecule has 2 unspecified atom stereocenters. The topological polar surface area (TPSA) is 32.8 Å². The molecule has 1 aromatic carbocycles. The number of amides is 1. The molecule has 4 nitrogen and oxygen atoms in total. The van der Waals surface area contributed by atoms with Crippen molar-refractivity contribution >= 4 is 5.91 Å². The van der Waals surface area contributed by atoms with E-state index < -0.39 is 0 Å². The van der Waals surface area contributed by atoms with Crippen molar-refractivity contribution in [2.45, 2.75) is 32.2 Å². The van der Waals surface area contributed by atoms with Gasteiger partial charge in [0.05, 0.1) is 12.2 Å². The van der Waals surface area contributed by atoms with Crippen LogP contribution in [0.1, 0.15) is 36.5 Å². The molecule has 22 heavy (non-hydrogen) atoms. The molecule has 0 saturated carbocycles. The summed E-state index contributed by atoms with van der Waals surface area (Å²) in [6.07, 6.45) is 3.57. The fourth-order valence-electron chi connectivity index (χ4n) is 3.93. The van der Waals surface area contributed by atoms with Crippen molar-refractivity contribution in [1.29, 1.82) is 0 Å². The zero-order valence-corrected chi connectivity index (χ0v) is 13.6. The van der Waals surface area contributed by atoms with Crippen LogP contribution in [0.5, 0.6) is 5.75 Å². The van der Waals surface area contributed by atoms with Gasteiger partial charge in [-0.2, -0.15) is 0 Å². The number of hydrogen-bond donors (Lipinski definition) is 0. The standard InChI is InChI=1S/C18H26N2O2/c1-3-22-17-9-5-4-8-15(17)18(21)20-12-10-16-14(13-20)7-6-11-19(16)2/h4-5,8-9,14,16H,3,6-7,10-13H2,1-2H3. The summed E-state index contributed by atoms with van der Waals surface area (Å²) in [5.41, 5.74) is 0.701. The number of carbonyl (C=O) groups is 1. The lowest BCUT2D eigenvalue weighted by Crippen LogP contribution is -2.53. The largest absolute Gasteiger partial charge is 0.493 e. The number of fused-ring (bicyclic) bond motifs is 1. The first kappa shape index (κ1) is 15.3. The SMILES string of the molecule is CCOc1ccccc1C(=O)N1CCC2C(CCCN2C)C1. The number of carbonyl (C=O) groups excluding carboxylic acids is 1. The Balaban J connectivity index is 1.73. The predicted molar refractivity (Wildman–Crippen MR) is 87.3 cm³/mol. The zero-order valence-electron chi connectivity index (χ0n) is 13.6. The van der Waals surface area contributed by atoms with E-state index in [-0.39, 0.29) is 5.91 Å². The normalized spacial score (nSPS) is 25.6. The number of rotatable bonds is 3. The minimum atomic E-state index is 0.121. The van der Waals surface area contributed by atoms with Crippen molar-refractivity contribution in [2.75, 3.05) is 33.3 Å². The molecule has 0 aliphatic carbocycles. The number of ether oxygens (including phenoxy) is 1. The summed E-state index contributed by atoms with van der Waals surface area (Å²) in [7, 11) is 2.22. The van der Waals surface area contributed by atoms with Gasteiger partial charge < -0.3 is 14.5 Å². The van der Waals surface area contributed by atoms with E-state index in [0.717, 1.165) is 19.5 Å². The van der Waals surface area contributed by atoms with Crippen molar-refractivity contribution in [3.63, 3.8) is 0 Å². The fourth-order valence-corrected chi connectivity index (χ4v) is 3.93. The number of benzene rings is 1. The number of hydrogen-bond acceptors (Lipinski definition) is 3. The summed E-state index contributed by atoms with van der Waals surface area (Å²) < 4.78 is 5.62. The molecule has 0 N–H and O–H groups in total. The minimum Gasteiger partial charge on any atom is -0.493 e. The molecule has 2 aliphatic heterocycles. The first-order chi connectivity index (χ1) is 10.7. The molecular formula is C18H26N2O2. The first-order valence-corrected chi connectivity index (χ1v) is 8.42. The molecule has 2 fully saturated rings. The maximum Gasteiger partial charge on any atom is 0.257 e. The van der Waals surface area contributed by atoms with Gasteiger partial charge in [0.1, 0.15) is 5.75 Å². The van der Waals surface area contributed by atoms with Gasteiger partial charge in [0.25, 0.3) is 5.91 Å². The van der Waals surface area contributed by atoms with Gasteiger partial charge in [0.2, 0.25) is 0 Å². The monoisotopic (exact) mass is 302 g/mol. The maximum atomic E-state index is 12.9. The van der Waals surface area contributed by atoms with Gasteiger partial charge >= 0.3 is 0 Å². The van der Waals surface area contributed by atoms with E-state index in [1.165, 1.54) is 19.4 Å². The average molecular weight is 302 g/mol. The predicted octanol–water partition coefficient (Wildman–Crippen LogP) is 2.64. The fraction of sp³-hybridized carbons (Fsp3) is 0.611. The average Bonchev–Trinajstić information content (AvgIpc) is 2.55. The molecule has 2 saturated heterocycles. The number of para-hydroxylation sites is 1. The van der Waals surface area contributed by atoms with Crippen LogP contribution in [-0.4, -0.2) is 55.0 Å². The molecule has 120 valence electrons. The third kappa shape index (κ3) is 2.98. The summed E-state index contributed by atoms with van der Waals surface area (Å²) in [5.74, 6) is 1.45. The van der Waals surface area contributed by atoms with Gasteiger partial charge in [-0.05, 0) is 57.8 Å². The molecular weight excluding hydrogens is 276 g/mol. The van der Waals surface area contributed by atoms with E-state index in [1.54, 1.807) is 0 Å². The highest BCUT2D eigenvalue weighted by atomic mass is 16.5. The summed E-state index contributed by atoms with van der Waals surface area (Å²) >= 11 is 0. The lowest BCUT2D eigenvalue weighted by Gasteiger charge is -2.46. The van der Waals surface area contributed by atoms with Crippen molar-refractivity contribution in [1.82, 2.24) is 9.80 Å². The highest BCUT2D eigenvalue weighted by Crippen LogP contribution is 2.31. The van der Waals surface area contributed by atoms with Crippen LogP contribution in [0.3, 0.4) is 0 Å².